The molecule has 1 heterocycles. The normalized spacial score (nSPS) is 10.5. The zero-order valence-electron chi connectivity index (χ0n) is 11.8. The summed E-state index contributed by atoms with van der Waals surface area (Å²) in [5, 5.41) is 2.47. The molecule has 0 fully saturated rings. The van der Waals surface area contributed by atoms with E-state index in [4.69, 9.17) is 4.74 Å². The topological polar surface area (TPSA) is 39.2 Å². The molecule has 0 aliphatic carbocycles. The molecule has 3 aromatic rings. The fourth-order valence-corrected chi connectivity index (χ4v) is 3.32. The van der Waals surface area contributed by atoms with Gasteiger partial charge in [-0.1, -0.05) is 18.2 Å². The molecule has 0 saturated carbocycles. The maximum atomic E-state index is 13.2. The van der Waals surface area contributed by atoms with Gasteiger partial charge in [-0.15, -0.1) is 11.3 Å². The first-order valence-electron chi connectivity index (χ1n) is 6.77. The van der Waals surface area contributed by atoms with Crippen LogP contribution in [0.1, 0.15) is 5.69 Å². The maximum Gasteiger partial charge on any atom is 0.317 e. The highest BCUT2D eigenvalue weighted by molar-refractivity contribution is 14.1. The Labute approximate surface area is 150 Å². The Morgan fingerprint density at radius 3 is 2.83 bits per heavy atom. The molecule has 0 amide bonds. The highest BCUT2D eigenvalue weighted by atomic mass is 127. The summed E-state index contributed by atoms with van der Waals surface area (Å²) in [7, 11) is 0. The van der Waals surface area contributed by atoms with Crippen molar-refractivity contribution in [2.75, 3.05) is 0 Å². The van der Waals surface area contributed by atoms with E-state index in [0.29, 0.717) is 22.0 Å². The van der Waals surface area contributed by atoms with E-state index < -0.39 is 0 Å². The smallest absolute Gasteiger partial charge is 0.317 e. The van der Waals surface area contributed by atoms with Crippen molar-refractivity contribution >= 4 is 39.9 Å². The summed E-state index contributed by atoms with van der Waals surface area (Å²) in [5.41, 5.74) is 1.32. The highest BCUT2D eigenvalue weighted by Crippen LogP contribution is 2.24. The molecule has 3 nitrogen and oxygen atoms in total. The number of esters is 1. The Bertz CT molecular complexity index is 850. The Morgan fingerprint density at radius 2 is 2.04 bits per heavy atom. The van der Waals surface area contributed by atoms with E-state index in [1.807, 2.05) is 12.1 Å². The number of hydrogen-bond acceptors (Lipinski definition) is 4. The van der Waals surface area contributed by atoms with Crippen LogP contribution in [0.25, 0.3) is 10.6 Å². The van der Waals surface area contributed by atoms with Crippen molar-refractivity contribution in [2.45, 2.75) is 6.42 Å². The van der Waals surface area contributed by atoms with Gasteiger partial charge in [-0.05, 0) is 52.9 Å². The molecule has 0 N–H and O–H groups in total. The molecule has 1 aromatic heterocycles. The Hall–Kier alpha value is -1.80. The van der Waals surface area contributed by atoms with Crippen LogP contribution in [0, 0.1) is 9.39 Å². The largest absolute Gasteiger partial charge is 0.426 e. The van der Waals surface area contributed by atoms with E-state index in [0.717, 1.165) is 3.57 Å². The molecule has 0 atom stereocenters. The number of aromatic nitrogens is 1. The fraction of sp³-hybridized carbons (Fsp3) is 0.0588. The molecule has 23 heavy (non-hydrogen) atoms. The average molecular weight is 439 g/mol. The van der Waals surface area contributed by atoms with Crippen molar-refractivity contribution in [3.63, 3.8) is 0 Å². The van der Waals surface area contributed by atoms with Crippen LogP contribution in [-0.2, 0) is 11.2 Å². The van der Waals surface area contributed by atoms with Crippen molar-refractivity contribution in [1.82, 2.24) is 4.98 Å². The Balaban J connectivity index is 1.68. The number of ether oxygens (including phenoxy) is 1. The third-order valence-corrected chi connectivity index (χ3v) is 4.59. The average Bonchev–Trinajstić information content (AvgIpc) is 2.95. The van der Waals surface area contributed by atoms with E-state index in [1.165, 1.54) is 23.5 Å². The first-order chi connectivity index (χ1) is 11.1. The lowest BCUT2D eigenvalue weighted by atomic mass is 10.2. The molecule has 2 aromatic carbocycles. The molecule has 0 unspecified atom stereocenters. The van der Waals surface area contributed by atoms with E-state index in [9.17, 15) is 9.18 Å². The second-order valence-corrected chi connectivity index (χ2v) is 6.87. The van der Waals surface area contributed by atoms with Crippen LogP contribution in [0.5, 0.6) is 5.75 Å². The molecule has 0 aliphatic heterocycles. The number of benzene rings is 2. The van der Waals surface area contributed by atoms with Gasteiger partial charge in [0.1, 0.15) is 16.6 Å². The van der Waals surface area contributed by atoms with Crippen LogP contribution < -0.4 is 4.74 Å². The Kier molecular flexibility index (Phi) is 5.02. The monoisotopic (exact) mass is 439 g/mol. The van der Waals surface area contributed by atoms with Crippen molar-refractivity contribution < 1.29 is 13.9 Å². The van der Waals surface area contributed by atoms with Crippen LogP contribution in [0.3, 0.4) is 0 Å². The summed E-state index contributed by atoms with van der Waals surface area (Å²) >= 11 is 3.53. The van der Waals surface area contributed by atoms with Gasteiger partial charge < -0.3 is 4.74 Å². The number of halogens is 2. The molecular formula is C17H11FINO2S. The zero-order valence-corrected chi connectivity index (χ0v) is 14.8. The van der Waals surface area contributed by atoms with Gasteiger partial charge in [0.25, 0.3) is 0 Å². The van der Waals surface area contributed by atoms with Crippen molar-refractivity contribution in [3.8, 4) is 16.3 Å². The molecule has 0 saturated heterocycles. The minimum Gasteiger partial charge on any atom is -0.426 e. The highest BCUT2D eigenvalue weighted by Gasteiger charge is 2.11. The third-order valence-electron chi connectivity index (χ3n) is 2.98. The summed E-state index contributed by atoms with van der Waals surface area (Å²) in [5.74, 6) is -0.164. The lowest BCUT2D eigenvalue weighted by Gasteiger charge is -2.03. The van der Waals surface area contributed by atoms with Crippen molar-refractivity contribution in [2.24, 2.45) is 0 Å². The SMILES string of the molecule is O=C(Cc1csc(-c2cccc(F)c2)n1)Oc1cccc(I)c1. The van der Waals surface area contributed by atoms with Gasteiger partial charge in [0, 0.05) is 14.5 Å². The molecule has 0 radical (unpaired) electrons. The zero-order chi connectivity index (χ0) is 16.2. The fourth-order valence-electron chi connectivity index (χ4n) is 1.99. The molecule has 6 heteroatoms. The van der Waals surface area contributed by atoms with Crippen LogP contribution in [0.2, 0.25) is 0 Å². The van der Waals surface area contributed by atoms with Gasteiger partial charge in [0.15, 0.2) is 0 Å². The molecule has 0 aliphatic rings. The summed E-state index contributed by atoms with van der Waals surface area (Å²) in [6.07, 6.45) is 0.0806. The molecule has 3 rings (SSSR count). The lowest BCUT2D eigenvalue weighted by Crippen LogP contribution is -2.11. The van der Waals surface area contributed by atoms with Gasteiger partial charge in [0.2, 0.25) is 0 Å². The van der Waals surface area contributed by atoms with Gasteiger partial charge in [-0.2, -0.15) is 0 Å². The van der Waals surface area contributed by atoms with Crippen LogP contribution in [0.4, 0.5) is 4.39 Å². The van der Waals surface area contributed by atoms with Crippen LogP contribution in [-0.4, -0.2) is 11.0 Å². The number of carbonyl (C=O) groups excluding carboxylic acids is 1. The predicted octanol–water partition coefficient (Wildman–Crippen LogP) is 4.70. The molecule has 0 bridgehead atoms. The standard InChI is InChI=1S/C17H11FINO2S/c18-12-4-1-3-11(7-12)17-20-14(10-23-17)9-16(21)22-15-6-2-5-13(19)8-15/h1-8,10H,9H2. The number of nitrogens with zero attached hydrogens (tertiary/aromatic N) is 1. The van der Waals surface area contributed by atoms with E-state index in [1.54, 1.807) is 29.6 Å². The number of rotatable bonds is 4. The number of thiazole rings is 1. The summed E-state index contributed by atoms with van der Waals surface area (Å²) < 4.78 is 19.5. The van der Waals surface area contributed by atoms with Gasteiger partial charge >= 0.3 is 5.97 Å². The lowest BCUT2D eigenvalue weighted by molar-refractivity contribution is -0.133. The van der Waals surface area contributed by atoms with Crippen LogP contribution in [0.15, 0.2) is 53.9 Å². The van der Waals surface area contributed by atoms with E-state index >= 15 is 0 Å². The number of carbonyl (C=O) groups is 1. The quantitative estimate of drug-likeness (QED) is 0.336. The third kappa shape index (κ3) is 4.35. The van der Waals surface area contributed by atoms with E-state index in [2.05, 4.69) is 27.6 Å². The van der Waals surface area contributed by atoms with Gasteiger partial charge in [-0.25, -0.2) is 9.37 Å². The second kappa shape index (κ2) is 7.18. The van der Waals surface area contributed by atoms with Crippen LogP contribution >= 0.6 is 33.9 Å². The minimum atomic E-state index is -0.372. The van der Waals surface area contributed by atoms with Crippen molar-refractivity contribution in [1.29, 1.82) is 0 Å². The van der Waals surface area contributed by atoms with Crippen molar-refractivity contribution in [3.05, 3.63) is 69.0 Å². The summed E-state index contributed by atoms with van der Waals surface area (Å²) in [6.45, 7) is 0. The molecular weight excluding hydrogens is 428 g/mol. The number of hydrogen-bond donors (Lipinski definition) is 0. The van der Waals surface area contributed by atoms with Gasteiger partial charge in [0.05, 0.1) is 12.1 Å². The summed E-state index contributed by atoms with van der Waals surface area (Å²) in [4.78, 5) is 16.3. The summed E-state index contributed by atoms with van der Waals surface area (Å²) in [6, 6.07) is 13.5. The minimum absolute atomic E-state index is 0.0806. The first kappa shape index (κ1) is 16.1. The van der Waals surface area contributed by atoms with Gasteiger partial charge in [-0.3, -0.25) is 4.79 Å². The predicted molar refractivity (Wildman–Crippen MR) is 96.0 cm³/mol. The Morgan fingerprint density at radius 1 is 1.22 bits per heavy atom. The maximum absolute atomic E-state index is 13.2. The molecule has 116 valence electrons. The second-order valence-electron chi connectivity index (χ2n) is 4.76. The van der Waals surface area contributed by atoms with E-state index in [-0.39, 0.29) is 18.2 Å². The first-order valence-corrected chi connectivity index (χ1v) is 8.72. The molecule has 0 spiro atoms.